The van der Waals surface area contributed by atoms with Crippen LogP contribution in [0.15, 0.2) is 29.3 Å². The Morgan fingerprint density at radius 1 is 1.18 bits per heavy atom. The van der Waals surface area contributed by atoms with E-state index in [9.17, 15) is 4.79 Å². The Hall–Kier alpha value is -1.81. The van der Waals surface area contributed by atoms with Crippen LogP contribution in [-0.4, -0.2) is 65.9 Å². The van der Waals surface area contributed by atoms with Gasteiger partial charge in [-0.15, -0.1) is 0 Å². The molecular weight excluding hydrogens is 384 g/mol. The van der Waals surface area contributed by atoms with Crippen molar-refractivity contribution in [2.24, 2.45) is 4.99 Å². The number of fused-ring (bicyclic) bond motifs is 1. The molecule has 2 aliphatic rings. The van der Waals surface area contributed by atoms with E-state index >= 15 is 0 Å². The van der Waals surface area contributed by atoms with Crippen molar-refractivity contribution < 1.29 is 27.1 Å². The first-order valence-corrected chi connectivity index (χ1v) is 10.8. The second kappa shape index (κ2) is 9.60. The van der Waals surface area contributed by atoms with Gasteiger partial charge in [0, 0.05) is 13.1 Å². The summed E-state index contributed by atoms with van der Waals surface area (Å²) >= 11 is 0. The first kappa shape index (κ1) is 22.5. The number of rotatable bonds is 4. The summed E-state index contributed by atoms with van der Waals surface area (Å²) in [6.07, 6.45) is 3.39. The number of carbonyl (C=O) groups is 1. The Balaban J connectivity index is 0.000000500. The minimum atomic E-state index is -4.67. The molecule has 3 rings (SSSR count). The Bertz CT molecular complexity index is 803. The topological polar surface area (TPSA) is 117 Å². The van der Waals surface area contributed by atoms with Crippen LogP contribution < -0.4 is 0 Å². The van der Waals surface area contributed by atoms with Crippen molar-refractivity contribution in [1.29, 1.82) is 0 Å². The predicted octanol–water partition coefficient (Wildman–Crippen LogP) is 2.19. The highest BCUT2D eigenvalue weighted by Crippen LogP contribution is 2.33. The molecule has 2 aliphatic heterocycles. The lowest BCUT2D eigenvalue weighted by molar-refractivity contribution is -0.133. The SMILES string of the molecule is CCC1(CC)Cc2ccccc2C(CC(=O)N2CCOCC2)=N1.O=S(=O)(O)O. The number of hydrogen-bond acceptors (Lipinski definition) is 5. The van der Waals surface area contributed by atoms with Crippen molar-refractivity contribution in [3.63, 3.8) is 0 Å². The lowest BCUT2D eigenvalue weighted by Gasteiger charge is -2.35. The molecule has 8 nitrogen and oxygen atoms in total. The highest BCUT2D eigenvalue weighted by atomic mass is 32.3. The number of nitrogens with zero attached hydrogens (tertiary/aromatic N) is 2. The Morgan fingerprint density at radius 3 is 2.32 bits per heavy atom. The Kier molecular flexibility index (Phi) is 7.70. The molecule has 28 heavy (non-hydrogen) atoms. The van der Waals surface area contributed by atoms with E-state index in [-0.39, 0.29) is 11.4 Å². The monoisotopic (exact) mass is 412 g/mol. The third-order valence-electron chi connectivity index (χ3n) is 5.22. The molecule has 1 aromatic carbocycles. The smallest absolute Gasteiger partial charge is 0.378 e. The summed E-state index contributed by atoms with van der Waals surface area (Å²) in [6, 6.07) is 8.42. The fourth-order valence-electron chi connectivity index (χ4n) is 3.56. The van der Waals surface area contributed by atoms with Crippen LogP contribution in [0.25, 0.3) is 0 Å². The third kappa shape index (κ3) is 6.37. The number of benzene rings is 1. The van der Waals surface area contributed by atoms with Gasteiger partial charge in [0.25, 0.3) is 0 Å². The van der Waals surface area contributed by atoms with Crippen LogP contribution in [0.3, 0.4) is 0 Å². The molecule has 1 aromatic rings. The molecule has 0 aromatic heterocycles. The van der Waals surface area contributed by atoms with Crippen molar-refractivity contribution >= 4 is 22.0 Å². The highest BCUT2D eigenvalue weighted by molar-refractivity contribution is 7.79. The van der Waals surface area contributed by atoms with Crippen LogP contribution in [0.4, 0.5) is 0 Å². The van der Waals surface area contributed by atoms with Crippen LogP contribution in [0.1, 0.15) is 44.2 Å². The lowest BCUT2D eigenvalue weighted by Crippen LogP contribution is -2.42. The molecule has 1 saturated heterocycles. The average molecular weight is 413 g/mol. The van der Waals surface area contributed by atoms with Gasteiger partial charge in [0.2, 0.25) is 5.91 Å². The molecule has 0 aliphatic carbocycles. The number of hydrogen-bond donors (Lipinski definition) is 2. The maximum Gasteiger partial charge on any atom is 0.394 e. The van der Waals surface area contributed by atoms with Crippen molar-refractivity contribution in [3.8, 4) is 0 Å². The van der Waals surface area contributed by atoms with Crippen LogP contribution in [0.2, 0.25) is 0 Å². The van der Waals surface area contributed by atoms with Gasteiger partial charge in [-0.25, -0.2) is 0 Å². The predicted molar refractivity (Wildman–Crippen MR) is 106 cm³/mol. The molecule has 0 atom stereocenters. The van der Waals surface area contributed by atoms with Gasteiger partial charge in [-0.1, -0.05) is 38.1 Å². The fraction of sp³-hybridized carbons (Fsp3) is 0.579. The molecule has 0 radical (unpaired) electrons. The number of morpholine rings is 1. The molecule has 156 valence electrons. The summed E-state index contributed by atoms with van der Waals surface area (Å²) in [7, 11) is -4.67. The van der Waals surface area contributed by atoms with E-state index in [2.05, 4.69) is 32.0 Å². The van der Waals surface area contributed by atoms with Crippen LogP contribution in [0.5, 0.6) is 0 Å². The fourth-order valence-corrected chi connectivity index (χ4v) is 3.56. The number of amides is 1. The molecule has 0 unspecified atom stereocenters. The molecule has 0 spiro atoms. The summed E-state index contributed by atoms with van der Waals surface area (Å²) in [6.45, 7) is 7.07. The quantitative estimate of drug-likeness (QED) is 0.732. The van der Waals surface area contributed by atoms with Gasteiger partial charge in [-0.2, -0.15) is 8.42 Å². The maximum atomic E-state index is 12.7. The summed E-state index contributed by atoms with van der Waals surface area (Å²) in [5.41, 5.74) is 3.41. The maximum absolute atomic E-state index is 12.7. The normalized spacial score (nSPS) is 18.4. The standard InChI is InChI=1S/C19H26N2O2.H2O4S/c1-3-19(4-2)14-15-7-5-6-8-16(15)17(20-19)13-18(22)21-9-11-23-12-10-21;1-5(2,3)4/h5-8H,3-4,9-14H2,1-2H3;(H2,1,2,3,4). The highest BCUT2D eigenvalue weighted by Gasteiger charge is 2.33. The number of carbonyl (C=O) groups excluding carboxylic acids is 1. The second-order valence-electron chi connectivity index (χ2n) is 6.94. The third-order valence-corrected chi connectivity index (χ3v) is 5.22. The van der Waals surface area contributed by atoms with E-state index in [4.69, 9.17) is 27.3 Å². The Morgan fingerprint density at radius 2 is 1.75 bits per heavy atom. The van der Waals surface area contributed by atoms with Gasteiger partial charge in [-0.05, 0) is 30.4 Å². The van der Waals surface area contributed by atoms with Crippen LogP contribution in [0, 0.1) is 0 Å². The van der Waals surface area contributed by atoms with Crippen molar-refractivity contribution in [2.75, 3.05) is 26.3 Å². The van der Waals surface area contributed by atoms with Crippen LogP contribution in [-0.2, 0) is 26.4 Å². The lowest BCUT2D eigenvalue weighted by atomic mass is 9.80. The molecule has 9 heteroatoms. The summed E-state index contributed by atoms with van der Waals surface area (Å²) in [5, 5.41) is 0. The molecule has 0 bridgehead atoms. The van der Waals surface area contributed by atoms with Crippen LogP contribution >= 0.6 is 0 Å². The van der Waals surface area contributed by atoms with E-state index in [0.717, 1.165) is 30.5 Å². The molecule has 1 fully saturated rings. The first-order chi connectivity index (χ1) is 13.2. The van der Waals surface area contributed by atoms with Crippen molar-refractivity contribution in [2.45, 2.75) is 45.1 Å². The zero-order valence-electron chi connectivity index (χ0n) is 16.3. The molecule has 1 amide bonds. The van der Waals surface area contributed by atoms with Gasteiger partial charge in [0.05, 0.1) is 30.9 Å². The number of ether oxygens (including phenoxy) is 1. The largest absolute Gasteiger partial charge is 0.394 e. The van der Waals surface area contributed by atoms with Gasteiger partial charge in [0.15, 0.2) is 0 Å². The zero-order chi connectivity index (χ0) is 20.8. The zero-order valence-corrected chi connectivity index (χ0v) is 17.1. The van der Waals surface area contributed by atoms with Gasteiger partial charge in [-0.3, -0.25) is 18.9 Å². The molecule has 2 heterocycles. The minimum Gasteiger partial charge on any atom is -0.378 e. The van der Waals surface area contributed by atoms with E-state index in [1.807, 2.05) is 11.0 Å². The van der Waals surface area contributed by atoms with E-state index in [1.54, 1.807) is 0 Å². The van der Waals surface area contributed by atoms with Crippen molar-refractivity contribution in [1.82, 2.24) is 4.90 Å². The second-order valence-corrected chi connectivity index (χ2v) is 7.84. The molecular formula is C19H28N2O6S. The molecule has 2 N–H and O–H groups in total. The van der Waals surface area contributed by atoms with E-state index in [1.165, 1.54) is 5.56 Å². The summed E-state index contributed by atoms with van der Waals surface area (Å²) < 4.78 is 36.9. The van der Waals surface area contributed by atoms with Crippen molar-refractivity contribution in [3.05, 3.63) is 35.4 Å². The minimum absolute atomic E-state index is 0.0467. The van der Waals surface area contributed by atoms with E-state index in [0.29, 0.717) is 32.7 Å². The van der Waals surface area contributed by atoms with Gasteiger partial charge in [0.1, 0.15) is 0 Å². The average Bonchev–Trinajstić information content (AvgIpc) is 2.67. The number of aliphatic imine (C=N–C) groups is 1. The summed E-state index contributed by atoms with van der Waals surface area (Å²) in [4.78, 5) is 19.6. The summed E-state index contributed by atoms with van der Waals surface area (Å²) in [5.74, 6) is 0.171. The molecule has 0 saturated carbocycles. The van der Waals surface area contributed by atoms with Gasteiger partial charge >= 0.3 is 10.4 Å². The Labute approximate surface area is 166 Å². The first-order valence-electron chi connectivity index (χ1n) is 9.40. The van der Waals surface area contributed by atoms with E-state index < -0.39 is 10.4 Å². The van der Waals surface area contributed by atoms with Gasteiger partial charge < -0.3 is 9.64 Å².